The molecule has 1 rings (SSSR count). The van der Waals surface area contributed by atoms with Crippen LogP contribution in [0.4, 0.5) is 13.2 Å². The summed E-state index contributed by atoms with van der Waals surface area (Å²) in [6.07, 6.45) is -2.64. The molecule has 1 aromatic carbocycles. The van der Waals surface area contributed by atoms with Crippen LogP contribution in [0.2, 0.25) is 0 Å². The van der Waals surface area contributed by atoms with Gasteiger partial charge in [0.2, 0.25) is 0 Å². The number of amides is 1. The molecule has 0 aliphatic carbocycles. The Morgan fingerprint density at radius 2 is 2.11 bits per heavy atom. The first kappa shape index (κ1) is 15.0. The average Bonchev–Trinajstić information content (AvgIpc) is 2.30. The number of benzene rings is 1. The summed E-state index contributed by atoms with van der Waals surface area (Å²) in [6, 6.07) is 4.05. The van der Waals surface area contributed by atoms with Gasteiger partial charge in [0, 0.05) is 11.9 Å². The molecular formula is C12H13BrF3NO. The molecule has 0 N–H and O–H groups in total. The van der Waals surface area contributed by atoms with E-state index >= 15 is 0 Å². The van der Waals surface area contributed by atoms with Crippen LogP contribution in [-0.2, 0) is 0 Å². The summed E-state index contributed by atoms with van der Waals surface area (Å²) in [6.45, 7) is 1.12. The van der Waals surface area contributed by atoms with E-state index in [-0.39, 0.29) is 12.1 Å². The fourth-order valence-electron chi connectivity index (χ4n) is 1.52. The van der Waals surface area contributed by atoms with Crippen molar-refractivity contribution in [2.75, 3.05) is 18.4 Å². The lowest BCUT2D eigenvalue weighted by molar-refractivity contribution is 0.0568. The zero-order valence-electron chi connectivity index (χ0n) is 9.80. The van der Waals surface area contributed by atoms with E-state index in [1.165, 1.54) is 12.1 Å². The van der Waals surface area contributed by atoms with Gasteiger partial charge in [0.25, 0.3) is 12.3 Å². The second kappa shape index (κ2) is 6.78. The lowest BCUT2D eigenvalue weighted by Gasteiger charge is -2.21. The first-order valence-corrected chi connectivity index (χ1v) is 6.47. The van der Waals surface area contributed by atoms with E-state index in [1.807, 2.05) is 0 Å². The molecule has 18 heavy (non-hydrogen) atoms. The van der Waals surface area contributed by atoms with Crippen molar-refractivity contribution in [3.05, 3.63) is 35.1 Å². The first-order valence-electron chi connectivity index (χ1n) is 5.35. The zero-order valence-corrected chi connectivity index (χ0v) is 11.4. The Bertz CT molecular complexity index is 426. The Labute approximate surface area is 112 Å². The van der Waals surface area contributed by atoms with Gasteiger partial charge in [0.15, 0.2) is 0 Å². The maximum Gasteiger partial charge on any atom is 0.257 e. The van der Waals surface area contributed by atoms with Crippen LogP contribution in [0.1, 0.15) is 15.9 Å². The Morgan fingerprint density at radius 1 is 1.44 bits per heavy atom. The van der Waals surface area contributed by atoms with Crippen LogP contribution in [0.3, 0.4) is 0 Å². The third kappa shape index (κ3) is 4.01. The van der Waals surface area contributed by atoms with Crippen molar-refractivity contribution in [2.45, 2.75) is 13.3 Å². The molecular weight excluding hydrogens is 311 g/mol. The van der Waals surface area contributed by atoms with Gasteiger partial charge in [0.1, 0.15) is 5.82 Å². The molecule has 6 heteroatoms. The number of hydrogen-bond donors (Lipinski definition) is 0. The number of nitrogens with zero attached hydrogens (tertiary/aromatic N) is 1. The van der Waals surface area contributed by atoms with Crippen LogP contribution in [0.25, 0.3) is 0 Å². The smallest absolute Gasteiger partial charge is 0.257 e. The minimum absolute atomic E-state index is 0.108. The molecule has 0 saturated heterocycles. The molecule has 0 heterocycles. The molecule has 0 aliphatic rings. The quantitative estimate of drug-likeness (QED) is 0.762. The average molecular weight is 324 g/mol. The van der Waals surface area contributed by atoms with Crippen molar-refractivity contribution >= 4 is 21.8 Å². The zero-order chi connectivity index (χ0) is 13.7. The van der Waals surface area contributed by atoms with Gasteiger partial charge in [0.05, 0.1) is 12.1 Å². The molecule has 0 aromatic heterocycles. The molecule has 0 fully saturated rings. The molecule has 1 aromatic rings. The van der Waals surface area contributed by atoms with Crippen LogP contribution >= 0.6 is 15.9 Å². The third-order valence-electron chi connectivity index (χ3n) is 2.35. The van der Waals surface area contributed by atoms with E-state index in [1.54, 1.807) is 6.92 Å². The summed E-state index contributed by atoms with van der Waals surface area (Å²) in [5, 5.41) is 0.360. The summed E-state index contributed by atoms with van der Waals surface area (Å²) < 4.78 is 38.2. The highest BCUT2D eigenvalue weighted by molar-refractivity contribution is 9.09. The van der Waals surface area contributed by atoms with E-state index in [9.17, 15) is 18.0 Å². The van der Waals surface area contributed by atoms with E-state index < -0.39 is 24.7 Å². The van der Waals surface area contributed by atoms with E-state index in [4.69, 9.17) is 0 Å². The molecule has 100 valence electrons. The van der Waals surface area contributed by atoms with Gasteiger partial charge < -0.3 is 4.90 Å². The maximum atomic E-state index is 13.5. The van der Waals surface area contributed by atoms with Crippen molar-refractivity contribution < 1.29 is 18.0 Å². The van der Waals surface area contributed by atoms with Gasteiger partial charge in [-0.25, -0.2) is 13.2 Å². The molecule has 0 bridgehead atoms. The van der Waals surface area contributed by atoms with Gasteiger partial charge in [-0.05, 0) is 19.1 Å². The number of carbonyl (C=O) groups excluding carboxylic acids is 1. The number of carbonyl (C=O) groups is 1. The summed E-state index contributed by atoms with van der Waals surface area (Å²) in [4.78, 5) is 12.9. The van der Waals surface area contributed by atoms with Crippen molar-refractivity contribution in [1.82, 2.24) is 4.90 Å². The lowest BCUT2D eigenvalue weighted by atomic mass is 10.1. The number of aryl methyl sites for hydroxylation is 1. The van der Waals surface area contributed by atoms with Crippen LogP contribution < -0.4 is 0 Å². The molecule has 0 radical (unpaired) electrons. The Morgan fingerprint density at radius 3 is 2.67 bits per heavy atom. The lowest BCUT2D eigenvalue weighted by Crippen LogP contribution is -2.37. The second-order valence-corrected chi connectivity index (χ2v) is 4.61. The highest BCUT2D eigenvalue weighted by Crippen LogP contribution is 2.14. The number of alkyl halides is 3. The maximum absolute atomic E-state index is 13.5. The molecule has 0 spiro atoms. The third-order valence-corrected chi connectivity index (χ3v) is 2.71. The van der Waals surface area contributed by atoms with E-state index in [0.29, 0.717) is 10.9 Å². The topological polar surface area (TPSA) is 20.3 Å². The molecule has 0 unspecified atom stereocenters. The van der Waals surface area contributed by atoms with Crippen molar-refractivity contribution in [2.24, 2.45) is 0 Å². The SMILES string of the molecule is Cc1ccc(F)c(C(=O)N(CCBr)CC(F)F)c1. The summed E-state index contributed by atoms with van der Waals surface area (Å²) in [5.41, 5.74) is 0.534. The first-order chi connectivity index (χ1) is 8.45. The van der Waals surface area contributed by atoms with Gasteiger partial charge in [-0.1, -0.05) is 27.6 Å². The fourth-order valence-corrected chi connectivity index (χ4v) is 1.95. The van der Waals surface area contributed by atoms with Crippen molar-refractivity contribution in [3.8, 4) is 0 Å². The highest BCUT2D eigenvalue weighted by atomic mass is 79.9. The fraction of sp³-hybridized carbons (Fsp3) is 0.417. The second-order valence-electron chi connectivity index (χ2n) is 3.81. The van der Waals surface area contributed by atoms with Gasteiger partial charge in [-0.15, -0.1) is 0 Å². The van der Waals surface area contributed by atoms with Gasteiger partial charge >= 0.3 is 0 Å². The van der Waals surface area contributed by atoms with E-state index in [0.717, 1.165) is 11.0 Å². The van der Waals surface area contributed by atoms with Crippen LogP contribution in [0.15, 0.2) is 18.2 Å². The predicted molar refractivity (Wildman–Crippen MR) is 66.8 cm³/mol. The minimum Gasteiger partial charge on any atom is -0.332 e. The van der Waals surface area contributed by atoms with Crippen molar-refractivity contribution in [3.63, 3.8) is 0 Å². The number of rotatable bonds is 5. The predicted octanol–water partition coefficient (Wildman–Crippen LogP) is 3.24. The Balaban J connectivity index is 2.97. The summed E-state index contributed by atoms with van der Waals surface area (Å²) in [5.74, 6) is -1.41. The summed E-state index contributed by atoms with van der Waals surface area (Å²) >= 11 is 3.08. The standard InChI is InChI=1S/C12H13BrF3NO/c1-8-2-3-10(14)9(6-8)12(18)17(5-4-13)7-11(15)16/h2-3,6,11H,4-5,7H2,1H3. The monoisotopic (exact) mass is 323 g/mol. The number of hydrogen-bond acceptors (Lipinski definition) is 1. The van der Waals surface area contributed by atoms with Crippen LogP contribution in [0.5, 0.6) is 0 Å². The molecule has 0 atom stereocenters. The molecule has 1 amide bonds. The number of halogens is 4. The highest BCUT2D eigenvalue weighted by Gasteiger charge is 2.21. The van der Waals surface area contributed by atoms with Gasteiger partial charge in [-0.2, -0.15) is 0 Å². The Kier molecular flexibility index (Phi) is 5.65. The molecule has 0 aliphatic heterocycles. The minimum atomic E-state index is -2.64. The van der Waals surface area contributed by atoms with Gasteiger partial charge in [-0.3, -0.25) is 4.79 Å². The Hall–Kier alpha value is -1.04. The summed E-state index contributed by atoms with van der Waals surface area (Å²) in [7, 11) is 0. The van der Waals surface area contributed by atoms with Crippen molar-refractivity contribution in [1.29, 1.82) is 0 Å². The van der Waals surface area contributed by atoms with Crippen LogP contribution in [-0.4, -0.2) is 35.7 Å². The molecule has 2 nitrogen and oxygen atoms in total. The largest absolute Gasteiger partial charge is 0.332 e. The van der Waals surface area contributed by atoms with Crippen LogP contribution in [0, 0.1) is 12.7 Å². The molecule has 0 saturated carbocycles. The van der Waals surface area contributed by atoms with E-state index in [2.05, 4.69) is 15.9 Å². The normalized spacial score (nSPS) is 10.8.